The van der Waals surface area contributed by atoms with E-state index in [4.69, 9.17) is 4.74 Å². The maximum atomic E-state index is 13.4. The van der Waals surface area contributed by atoms with Crippen LogP contribution in [0.4, 0.5) is 0 Å². The average molecular weight is 481 g/mol. The fourth-order valence-corrected chi connectivity index (χ4v) is 5.74. The molecule has 1 aromatic rings. The molecule has 9 nitrogen and oxygen atoms in total. The van der Waals surface area contributed by atoms with Crippen molar-refractivity contribution in [1.29, 1.82) is 0 Å². The van der Waals surface area contributed by atoms with Crippen LogP contribution in [0.25, 0.3) is 0 Å². The van der Waals surface area contributed by atoms with Crippen LogP contribution < -0.4 is 5.32 Å². The Hall–Kier alpha value is -2.01. The Labute approximate surface area is 197 Å². The van der Waals surface area contributed by atoms with Gasteiger partial charge in [0.15, 0.2) is 0 Å². The lowest BCUT2D eigenvalue weighted by Gasteiger charge is -2.39. The first-order valence-electron chi connectivity index (χ1n) is 11.7. The van der Waals surface area contributed by atoms with Gasteiger partial charge in [0.25, 0.3) is 0 Å². The molecule has 33 heavy (non-hydrogen) atoms. The van der Waals surface area contributed by atoms with Crippen LogP contribution in [0.2, 0.25) is 0 Å². The molecule has 1 atom stereocenters. The number of ether oxygens (including phenoxy) is 1. The second-order valence-electron chi connectivity index (χ2n) is 8.92. The Kier molecular flexibility index (Phi) is 8.86. The van der Waals surface area contributed by atoms with E-state index in [0.29, 0.717) is 6.54 Å². The molecule has 0 aliphatic carbocycles. The van der Waals surface area contributed by atoms with Gasteiger partial charge in [0.1, 0.15) is 6.04 Å². The maximum absolute atomic E-state index is 13.4. The van der Waals surface area contributed by atoms with E-state index in [9.17, 15) is 18.0 Å². The molecule has 2 heterocycles. The third-order valence-corrected chi connectivity index (χ3v) is 8.21. The Morgan fingerprint density at radius 3 is 2.36 bits per heavy atom. The number of amides is 2. The van der Waals surface area contributed by atoms with Crippen LogP contribution in [0.15, 0.2) is 29.2 Å². The second kappa shape index (κ2) is 11.4. The predicted octanol–water partition coefficient (Wildman–Crippen LogP) is 0.870. The number of rotatable bonds is 8. The highest BCUT2D eigenvalue weighted by Gasteiger charge is 2.40. The molecule has 2 aliphatic rings. The minimum atomic E-state index is -3.88. The molecule has 0 unspecified atom stereocenters. The summed E-state index contributed by atoms with van der Waals surface area (Å²) in [5.41, 5.74) is 1.05. The molecule has 1 N–H and O–H groups in total. The Morgan fingerprint density at radius 2 is 1.76 bits per heavy atom. The molecule has 2 fully saturated rings. The standard InChI is InChI=1S/C23H36N4O5S/c1-18(2)20-5-7-21(8-6-20)33(30,31)27-12-11-26(19(3)28)17-22(27)23(29)24-9-4-10-25-13-15-32-16-14-25/h5-8,18,22H,4,9-17H2,1-3H3,(H,24,29)/t22-/m1/s1. The van der Waals surface area contributed by atoms with Gasteiger partial charge in [-0.2, -0.15) is 4.31 Å². The van der Waals surface area contributed by atoms with Crippen molar-refractivity contribution in [2.45, 2.75) is 44.0 Å². The van der Waals surface area contributed by atoms with Crippen LogP contribution >= 0.6 is 0 Å². The van der Waals surface area contributed by atoms with E-state index < -0.39 is 16.1 Å². The first-order valence-corrected chi connectivity index (χ1v) is 13.1. The fourth-order valence-electron chi connectivity index (χ4n) is 4.17. The van der Waals surface area contributed by atoms with E-state index in [2.05, 4.69) is 10.2 Å². The Morgan fingerprint density at radius 1 is 1.09 bits per heavy atom. The highest BCUT2D eigenvalue weighted by molar-refractivity contribution is 7.89. The van der Waals surface area contributed by atoms with Gasteiger partial charge in [-0.15, -0.1) is 0 Å². The number of sulfonamides is 1. The van der Waals surface area contributed by atoms with Gasteiger partial charge in [-0.3, -0.25) is 14.5 Å². The number of nitrogens with one attached hydrogen (secondary N) is 1. The number of hydrogen-bond donors (Lipinski definition) is 1. The van der Waals surface area contributed by atoms with Crippen LogP contribution in [-0.2, 0) is 24.3 Å². The molecule has 0 aromatic heterocycles. The van der Waals surface area contributed by atoms with Crippen LogP contribution in [0.1, 0.15) is 38.7 Å². The van der Waals surface area contributed by atoms with Gasteiger partial charge >= 0.3 is 0 Å². The van der Waals surface area contributed by atoms with Gasteiger partial charge in [0.2, 0.25) is 21.8 Å². The van der Waals surface area contributed by atoms with E-state index in [-0.39, 0.29) is 42.3 Å². The minimum absolute atomic E-state index is 0.0495. The molecule has 184 valence electrons. The van der Waals surface area contributed by atoms with E-state index in [0.717, 1.165) is 44.8 Å². The van der Waals surface area contributed by atoms with Gasteiger partial charge in [-0.25, -0.2) is 8.42 Å². The highest BCUT2D eigenvalue weighted by atomic mass is 32.2. The molecule has 2 aliphatic heterocycles. The average Bonchev–Trinajstić information content (AvgIpc) is 2.82. The van der Waals surface area contributed by atoms with E-state index in [1.165, 1.54) is 16.1 Å². The molecular weight excluding hydrogens is 444 g/mol. The lowest BCUT2D eigenvalue weighted by atomic mass is 10.0. The van der Waals surface area contributed by atoms with Crippen LogP contribution in [0.5, 0.6) is 0 Å². The summed E-state index contributed by atoms with van der Waals surface area (Å²) in [5, 5.41) is 2.89. The van der Waals surface area contributed by atoms with Crippen LogP contribution in [-0.4, -0.2) is 99.4 Å². The van der Waals surface area contributed by atoms with Crippen molar-refractivity contribution in [3.63, 3.8) is 0 Å². The number of nitrogens with zero attached hydrogens (tertiary/aromatic N) is 3. The predicted molar refractivity (Wildman–Crippen MR) is 125 cm³/mol. The van der Waals surface area contributed by atoms with Crippen molar-refractivity contribution >= 4 is 21.8 Å². The van der Waals surface area contributed by atoms with Crippen molar-refractivity contribution in [1.82, 2.24) is 19.4 Å². The lowest BCUT2D eigenvalue weighted by Crippen LogP contribution is -2.61. The number of carbonyl (C=O) groups excluding carboxylic acids is 2. The molecule has 1 aromatic carbocycles. The zero-order chi connectivity index (χ0) is 24.0. The SMILES string of the molecule is CC(=O)N1CCN(S(=O)(=O)c2ccc(C(C)C)cc2)[C@@H](C(=O)NCCCN2CCOCC2)C1. The molecule has 0 radical (unpaired) electrons. The van der Waals surface area contributed by atoms with E-state index in [1.807, 2.05) is 26.0 Å². The molecule has 0 spiro atoms. The summed E-state index contributed by atoms with van der Waals surface area (Å²) in [6.07, 6.45) is 0.762. The molecular formula is C23H36N4O5S. The van der Waals surface area contributed by atoms with Crippen molar-refractivity contribution in [3.8, 4) is 0 Å². The maximum Gasteiger partial charge on any atom is 0.243 e. The van der Waals surface area contributed by atoms with Crippen LogP contribution in [0.3, 0.4) is 0 Å². The number of benzene rings is 1. The molecule has 2 saturated heterocycles. The number of carbonyl (C=O) groups is 2. The van der Waals surface area contributed by atoms with Gasteiger partial charge < -0.3 is 15.0 Å². The summed E-state index contributed by atoms with van der Waals surface area (Å²) in [5.74, 6) is -0.249. The summed E-state index contributed by atoms with van der Waals surface area (Å²) in [6, 6.07) is 5.85. The smallest absolute Gasteiger partial charge is 0.243 e. The fraction of sp³-hybridized carbons (Fsp3) is 0.652. The van der Waals surface area contributed by atoms with Gasteiger partial charge in [0, 0.05) is 46.2 Å². The summed E-state index contributed by atoms with van der Waals surface area (Å²) in [7, 11) is -3.88. The number of hydrogen-bond acceptors (Lipinski definition) is 6. The Bertz CT molecular complexity index is 913. The molecule has 10 heteroatoms. The number of piperazine rings is 1. The number of morpholine rings is 1. The third-order valence-electron chi connectivity index (χ3n) is 6.29. The third kappa shape index (κ3) is 6.53. The van der Waals surface area contributed by atoms with Gasteiger partial charge in [-0.05, 0) is 36.6 Å². The first-order chi connectivity index (χ1) is 15.7. The summed E-state index contributed by atoms with van der Waals surface area (Å²) in [6.45, 7) is 10.4. The van der Waals surface area contributed by atoms with Crippen LogP contribution in [0, 0.1) is 0 Å². The normalized spacial score (nSPS) is 20.7. The topological polar surface area (TPSA) is 99.3 Å². The largest absolute Gasteiger partial charge is 0.379 e. The molecule has 2 amide bonds. The lowest BCUT2D eigenvalue weighted by molar-refractivity contribution is -0.134. The van der Waals surface area contributed by atoms with Crippen molar-refractivity contribution < 1.29 is 22.7 Å². The monoisotopic (exact) mass is 480 g/mol. The zero-order valence-corrected chi connectivity index (χ0v) is 20.6. The molecule has 0 bridgehead atoms. The first kappa shape index (κ1) is 25.6. The minimum Gasteiger partial charge on any atom is -0.379 e. The zero-order valence-electron chi connectivity index (χ0n) is 19.8. The van der Waals surface area contributed by atoms with Crippen molar-refractivity contribution in [2.24, 2.45) is 0 Å². The Balaban J connectivity index is 1.68. The highest BCUT2D eigenvalue weighted by Crippen LogP contribution is 2.24. The van der Waals surface area contributed by atoms with Crippen molar-refractivity contribution in [2.75, 3.05) is 59.0 Å². The quantitative estimate of drug-likeness (QED) is 0.555. The van der Waals surface area contributed by atoms with Crippen molar-refractivity contribution in [3.05, 3.63) is 29.8 Å². The van der Waals surface area contributed by atoms with Gasteiger partial charge in [0.05, 0.1) is 18.1 Å². The molecule has 0 saturated carbocycles. The van der Waals surface area contributed by atoms with E-state index in [1.54, 1.807) is 12.1 Å². The molecule has 3 rings (SSSR count). The summed E-state index contributed by atoms with van der Waals surface area (Å²) in [4.78, 5) is 29.0. The van der Waals surface area contributed by atoms with Gasteiger partial charge in [-0.1, -0.05) is 26.0 Å². The summed E-state index contributed by atoms with van der Waals surface area (Å²) >= 11 is 0. The van der Waals surface area contributed by atoms with E-state index >= 15 is 0 Å². The summed E-state index contributed by atoms with van der Waals surface area (Å²) < 4.78 is 33.4. The second-order valence-corrected chi connectivity index (χ2v) is 10.8.